The Bertz CT molecular complexity index is 963. The van der Waals surface area contributed by atoms with Gasteiger partial charge in [0.25, 0.3) is 0 Å². The summed E-state index contributed by atoms with van der Waals surface area (Å²) >= 11 is 0. The van der Waals surface area contributed by atoms with Crippen LogP contribution in [0.1, 0.15) is 61.5 Å². The van der Waals surface area contributed by atoms with Gasteiger partial charge in [-0.2, -0.15) is 0 Å². The van der Waals surface area contributed by atoms with E-state index >= 15 is 0 Å². The first-order valence-corrected chi connectivity index (χ1v) is 9.94. The lowest BCUT2D eigenvalue weighted by atomic mass is 10.0. The Morgan fingerprint density at radius 3 is 2.48 bits per heavy atom. The highest BCUT2D eigenvalue weighted by atomic mass is 16.1. The van der Waals surface area contributed by atoms with Gasteiger partial charge in [-0.25, -0.2) is 4.98 Å². The molecule has 0 spiro atoms. The predicted octanol–water partition coefficient (Wildman–Crippen LogP) is 5.12. The van der Waals surface area contributed by atoms with Crippen molar-refractivity contribution >= 4 is 16.9 Å². The van der Waals surface area contributed by atoms with Gasteiger partial charge in [-0.05, 0) is 48.9 Å². The Labute approximate surface area is 160 Å². The number of nitrogens with zero attached hydrogens (tertiary/aromatic N) is 2. The van der Waals surface area contributed by atoms with Crippen LogP contribution in [0.2, 0.25) is 0 Å². The van der Waals surface area contributed by atoms with Gasteiger partial charge in [0.2, 0.25) is 5.91 Å². The van der Waals surface area contributed by atoms with E-state index in [0.717, 1.165) is 28.8 Å². The molecule has 1 aliphatic rings. The predicted molar refractivity (Wildman–Crippen MR) is 110 cm³/mol. The number of amides is 1. The Hall–Kier alpha value is -2.62. The summed E-state index contributed by atoms with van der Waals surface area (Å²) in [5.74, 6) is 1.23. The highest BCUT2D eigenvalue weighted by Crippen LogP contribution is 2.37. The zero-order valence-corrected chi connectivity index (χ0v) is 16.1. The largest absolute Gasteiger partial charge is 0.366 e. The quantitative estimate of drug-likeness (QED) is 0.686. The van der Waals surface area contributed by atoms with Gasteiger partial charge in [-0.3, -0.25) is 4.79 Å². The van der Waals surface area contributed by atoms with Crippen LogP contribution >= 0.6 is 0 Å². The summed E-state index contributed by atoms with van der Waals surface area (Å²) in [6.07, 6.45) is 5.97. The molecule has 0 unspecified atom stereocenters. The molecule has 0 bridgehead atoms. The monoisotopic (exact) mass is 361 g/mol. The molecule has 4 rings (SSSR count). The summed E-state index contributed by atoms with van der Waals surface area (Å²) in [7, 11) is 0. The molecule has 0 radical (unpaired) electrons. The molecule has 27 heavy (non-hydrogen) atoms. The lowest BCUT2D eigenvalue weighted by Crippen LogP contribution is -2.10. The van der Waals surface area contributed by atoms with Gasteiger partial charge in [-0.15, -0.1) is 0 Å². The second-order valence-corrected chi connectivity index (χ2v) is 8.11. The standard InChI is InChI=1S/C23H27N3O/c1-15(2)13-16-7-9-17(10-8-16)23-25-20-14-18(22(24)27)11-12-21(20)26(23)19-5-3-4-6-19/h7-12,14-15,19H,3-6,13H2,1-2H3,(H2,24,27). The van der Waals surface area contributed by atoms with Crippen molar-refractivity contribution in [2.45, 2.75) is 52.0 Å². The minimum absolute atomic E-state index is 0.410. The fourth-order valence-corrected chi connectivity index (χ4v) is 4.25. The lowest BCUT2D eigenvalue weighted by Gasteiger charge is -2.17. The highest BCUT2D eigenvalue weighted by molar-refractivity contribution is 5.96. The van der Waals surface area contributed by atoms with Crippen molar-refractivity contribution in [1.82, 2.24) is 9.55 Å². The molecule has 1 fully saturated rings. The third kappa shape index (κ3) is 3.48. The summed E-state index contributed by atoms with van der Waals surface area (Å²) in [6, 6.07) is 14.9. The van der Waals surface area contributed by atoms with Crippen LogP contribution in [-0.2, 0) is 6.42 Å². The molecule has 1 amide bonds. The van der Waals surface area contributed by atoms with Crippen LogP contribution < -0.4 is 5.73 Å². The second-order valence-electron chi connectivity index (χ2n) is 8.11. The molecule has 0 aliphatic heterocycles. The zero-order chi connectivity index (χ0) is 19.0. The van der Waals surface area contributed by atoms with E-state index in [1.807, 2.05) is 18.2 Å². The van der Waals surface area contributed by atoms with Gasteiger partial charge in [0.15, 0.2) is 0 Å². The van der Waals surface area contributed by atoms with Crippen molar-refractivity contribution in [3.05, 3.63) is 53.6 Å². The number of carbonyl (C=O) groups is 1. The number of hydrogen-bond donors (Lipinski definition) is 1. The molecule has 0 saturated heterocycles. The molecular weight excluding hydrogens is 334 g/mol. The van der Waals surface area contributed by atoms with E-state index in [2.05, 4.69) is 42.7 Å². The number of fused-ring (bicyclic) bond motifs is 1. The van der Waals surface area contributed by atoms with Crippen LogP contribution in [0, 0.1) is 5.92 Å². The van der Waals surface area contributed by atoms with E-state index in [0.29, 0.717) is 17.5 Å². The second kappa shape index (κ2) is 7.18. The van der Waals surface area contributed by atoms with Crippen molar-refractivity contribution in [2.75, 3.05) is 0 Å². The van der Waals surface area contributed by atoms with Gasteiger partial charge < -0.3 is 10.3 Å². The smallest absolute Gasteiger partial charge is 0.248 e. The van der Waals surface area contributed by atoms with E-state index in [1.54, 1.807) is 0 Å². The number of rotatable bonds is 5. The lowest BCUT2D eigenvalue weighted by molar-refractivity contribution is 0.100. The molecule has 1 heterocycles. The van der Waals surface area contributed by atoms with Crippen molar-refractivity contribution in [3.8, 4) is 11.4 Å². The van der Waals surface area contributed by atoms with Crippen molar-refractivity contribution in [1.29, 1.82) is 0 Å². The Morgan fingerprint density at radius 2 is 1.85 bits per heavy atom. The molecule has 4 heteroatoms. The minimum atomic E-state index is -0.410. The number of nitrogens with two attached hydrogens (primary N) is 1. The Balaban J connectivity index is 1.82. The van der Waals surface area contributed by atoms with Crippen LogP contribution in [0.15, 0.2) is 42.5 Å². The molecule has 1 aliphatic carbocycles. The van der Waals surface area contributed by atoms with Crippen molar-refractivity contribution in [2.24, 2.45) is 11.7 Å². The first-order chi connectivity index (χ1) is 13.0. The Morgan fingerprint density at radius 1 is 1.15 bits per heavy atom. The number of benzene rings is 2. The van der Waals surface area contributed by atoms with E-state index in [4.69, 9.17) is 10.7 Å². The molecule has 2 aromatic carbocycles. The maximum atomic E-state index is 11.6. The topological polar surface area (TPSA) is 60.9 Å². The summed E-state index contributed by atoms with van der Waals surface area (Å²) in [5, 5.41) is 0. The molecular formula is C23H27N3O. The van der Waals surface area contributed by atoms with Crippen LogP contribution in [0.3, 0.4) is 0 Å². The molecule has 3 aromatic rings. The molecule has 4 nitrogen and oxygen atoms in total. The number of carbonyl (C=O) groups excluding carboxylic acids is 1. The van der Waals surface area contributed by atoms with Gasteiger partial charge in [0.05, 0.1) is 11.0 Å². The summed E-state index contributed by atoms with van der Waals surface area (Å²) in [4.78, 5) is 16.5. The molecule has 140 valence electrons. The SMILES string of the molecule is CC(C)Cc1ccc(-c2nc3cc(C(N)=O)ccc3n2C2CCCC2)cc1. The summed E-state index contributed by atoms with van der Waals surface area (Å²) in [6.45, 7) is 4.48. The normalized spacial score (nSPS) is 15.1. The van der Waals surface area contributed by atoms with Gasteiger partial charge in [0.1, 0.15) is 5.82 Å². The molecule has 1 saturated carbocycles. The average Bonchev–Trinajstić information content (AvgIpc) is 3.28. The van der Waals surface area contributed by atoms with E-state index in [1.165, 1.54) is 31.2 Å². The third-order valence-electron chi connectivity index (χ3n) is 5.52. The van der Waals surface area contributed by atoms with Gasteiger partial charge >= 0.3 is 0 Å². The van der Waals surface area contributed by atoms with Crippen molar-refractivity contribution in [3.63, 3.8) is 0 Å². The van der Waals surface area contributed by atoms with Crippen LogP contribution in [0.25, 0.3) is 22.4 Å². The number of primary amides is 1. The number of hydrogen-bond acceptors (Lipinski definition) is 2. The molecule has 0 atom stereocenters. The van der Waals surface area contributed by atoms with Crippen LogP contribution in [0.5, 0.6) is 0 Å². The number of imidazole rings is 1. The fourth-order valence-electron chi connectivity index (χ4n) is 4.25. The van der Waals surface area contributed by atoms with E-state index in [-0.39, 0.29) is 0 Å². The maximum Gasteiger partial charge on any atom is 0.248 e. The van der Waals surface area contributed by atoms with Gasteiger partial charge in [0, 0.05) is 17.2 Å². The maximum absolute atomic E-state index is 11.6. The van der Waals surface area contributed by atoms with E-state index < -0.39 is 5.91 Å². The number of aromatic nitrogens is 2. The summed E-state index contributed by atoms with van der Waals surface area (Å²) in [5.41, 5.74) is 10.4. The zero-order valence-electron chi connectivity index (χ0n) is 16.1. The molecule has 1 aromatic heterocycles. The Kier molecular flexibility index (Phi) is 4.73. The van der Waals surface area contributed by atoms with Crippen LogP contribution in [0.4, 0.5) is 0 Å². The minimum Gasteiger partial charge on any atom is -0.366 e. The average molecular weight is 361 g/mol. The first kappa shape index (κ1) is 17.8. The third-order valence-corrected chi connectivity index (χ3v) is 5.52. The fraction of sp³-hybridized carbons (Fsp3) is 0.391. The molecule has 2 N–H and O–H groups in total. The van der Waals surface area contributed by atoms with Gasteiger partial charge in [-0.1, -0.05) is 51.0 Å². The summed E-state index contributed by atoms with van der Waals surface area (Å²) < 4.78 is 2.38. The van der Waals surface area contributed by atoms with E-state index in [9.17, 15) is 4.79 Å². The highest BCUT2D eigenvalue weighted by Gasteiger charge is 2.23. The first-order valence-electron chi connectivity index (χ1n) is 9.94. The van der Waals surface area contributed by atoms with Crippen molar-refractivity contribution < 1.29 is 4.79 Å². The van der Waals surface area contributed by atoms with Crippen LogP contribution in [-0.4, -0.2) is 15.5 Å².